The van der Waals surface area contributed by atoms with E-state index in [9.17, 15) is 18.4 Å². The second-order valence-electron chi connectivity index (χ2n) is 4.20. The van der Waals surface area contributed by atoms with Crippen LogP contribution < -0.4 is 10.6 Å². The predicted molar refractivity (Wildman–Crippen MR) is 80.1 cm³/mol. The summed E-state index contributed by atoms with van der Waals surface area (Å²) in [5.74, 6) is -4.26. The molecule has 0 aliphatic carbocycles. The molecule has 2 aromatic carbocycles. The van der Waals surface area contributed by atoms with Crippen molar-refractivity contribution in [1.29, 1.82) is 0 Å². The van der Waals surface area contributed by atoms with E-state index in [2.05, 4.69) is 10.6 Å². The summed E-state index contributed by atoms with van der Waals surface area (Å²) in [7, 11) is 0. The van der Waals surface area contributed by atoms with Crippen LogP contribution in [0.1, 0.15) is 0 Å². The summed E-state index contributed by atoms with van der Waals surface area (Å²) < 4.78 is 25.8. The molecule has 2 rings (SSSR count). The summed E-state index contributed by atoms with van der Waals surface area (Å²) in [6, 6.07) is 6.97. The Labute approximate surface area is 134 Å². The van der Waals surface area contributed by atoms with Gasteiger partial charge in [-0.2, -0.15) is 0 Å². The molecular weight excluding hydrogens is 337 g/mol. The lowest BCUT2D eigenvalue weighted by molar-refractivity contribution is -0.133. The highest BCUT2D eigenvalue weighted by molar-refractivity contribution is 6.44. The number of carbonyl (C=O) groups excluding carboxylic acids is 2. The van der Waals surface area contributed by atoms with Gasteiger partial charge >= 0.3 is 11.8 Å². The number of anilines is 2. The quantitative estimate of drug-likeness (QED) is 0.813. The molecule has 8 heteroatoms. The first kappa shape index (κ1) is 16.2. The maximum atomic E-state index is 13.0. The number of carbonyl (C=O) groups is 2. The van der Waals surface area contributed by atoms with Crippen LogP contribution in [0.15, 0.2) is 36.4 Å². The van der Waals surface area contributed by atoms with Gasteiger partial charge in [0.1, 0.15) is 0 Å². The van der Waals surface area contributed by atoms with Crippen LogP contribution in [0.25, 0.3) is 0 Å². The van der Waals surface area contributed by atoms with E-state index < -0.39 is 23.4 Å². The summed E-state index contributed by atoms with van der Waals surface area (Å²) in [5.41, 5.74) is 0.172. The molecule has 0 aliphatic heterocycles. The fourth-order valence-electron chi connectivity index (χ4n) is 1.58. The standard InChI is InChI=1S/C14H8Cl2F2N2O2/c15-7-3-8(16)5-10(4-7)20-14(22)13(21)19-9-1-2-11(17)12(18)6-9/h1-6H,(H,19,21)(H,20,22). The van der Waals surface area contributed by atoms with Crippen LogP contribution in [0, 0.1) is 11.6 Å². The molecule has 0 radical (unpaired) electrons. The van der Waals surface area contributed by atoms with Gasteiger partial charge in [-0.1, -0.05) is 23.2 Å². The van der Waals surface area contributed by atoms with Crippen LogP contribution in [-0.4, -0.2) is 11.8 Å². The number of halogens is 4. The van der Waals surface area contributed by atoms with E-state index in [0.717, 1.165) is 18.2 Å². The molecule has 2 N–H and O–H groups in total. The lowest BCUT2D eigenvalue weighted by atomic mass is 10.3. The Hall–Kier alpha value is -2.18. The van der Waals surface area contributed by atoms with E-state index in [1.807, 2.05) is 0 Å². The van der Waals surface area contributed by atoms with Gasteiger partial charge in [0.15, 0.2) is 11.6 Å². The molecule has 0 aromatic heterocycles. The van der Waals surface area contributed by atoms with Gasteiger partial charge in [0.2, 0.25) is 0 Å². The molecule has 114 valence electrons. The fourth-order valence-corrected chi connectivity index (χ4v) is 2.10. The Kier molecular flexibility index (Phi) is 4.95. The van der Waals surface area contributed by atoms with E-state index >= 15 is 0 Å². The number of hydrogen-bond acceptors (Lipinski definition) is 2. The summed E-state index contributed by atoms with van der Waals surface area (Å²) in [4.78, 5) is 23.4. The molecule has 0 saturated heterocycles. The maximum absolute atomic E-state index is 13.0. The monoisotopic (exact) mass is 344 g/mol. The normalized spacial score (nSPS) is 10.2. The summed E-state index contributed by atoms with van der Waals surface area (Å²) >= 11 is 11.5. The smallest absolute Gasteiger partial charge is 0.314 e. The van der Waals surface area contributed by atoms with Crippen LogP contribution in [0.3, 0.4) is 0 Å². The van der Waals surface area contributed by atoms with Gasteiger partial charge in [0.25, 0.3) is 0 Å². The van der Waals surface area contributed by atoms with Gasteiger partial charge < -0.3 is 10.6 Å². The van der Waals surface area contributed by atoms with Gasteiger partial charge in [-0.25, -0.2) is 8.78 Å². The summed E-state index contributed by atoms with van der Waals surface area (Å²) in [6.45, 7) is 0. The van der Waals surface area contributed by atoms with Crippen LogP contribution in [0.5, 0.6) is 0 Å². The number of hydrogen-bond donors (Lipinski definition) is 2. The van der Waals surface area contributed by atoms with Crippen LogP contribution in [0.2, 0.25) is 10.0 Å². The first-order valence-corrected chi connectivity index (χ1v) is 6.64. The molecule has 0 heterocycles. The molecule has 22 heavy (non-hydrogen) atoms. The number of amides is 2. The van der Waals surface area contributed by atoms with Crippen molar-refractivity contribution in [2.24, 2.45) is 0 Å². The Balaban J connectivity index is 2.05. The number of rotatable bonds is 2. The molecule has 0 saturated carbocycles. The molecule has 0 atom stereocenters. The van der Waals surface area contributed by atoms with E-state index in [0.29, 0.717) is 0 Å². The minimum absolute atomic E-state index is 0.0526. The summed E-state index contributed by atoms with van der Waals surface area (Å²) in [5, 5.41) is 4.98. The number of nitrogens with one attached hydrogen (secondary N) is 2. The minimum Gasteiger partial charge on any atom is -0.318 e. The summed E-state index contributed by atoms with van der Waals surface area (Å²) in [6.07, 6.45) is 0. The van der Waals surface area contributed by atoms with E-state index in [1.165, 1.54) is 18.2 Å². The zero-order valence-corrected chi connectivity index (χ0v) is 12.3. The third-order valence-corrected chi connectivity index (χ3v) is 2.94. The van der Waals surface area contributed by atoms with E-state index in [-0.39, 0.29) is 21.4 Å². The molecular formula is C14H8Cl2F2N2O2. The highest BCUT2D eigenvalue weighted by atomic mass is 35.5. The van der Waals surface area contributed by atoms with Crippen molar-refractivity contribution in [3.8, 4) is 0 Å². The third kappa shape index (κ3) is 4.16. The molecule has 0 bridgehead atoms. The molecule has 0 fully saturated rings. The lowest BCUT2D eigenvalue weighted by Crippen LogP contribution is -2.29. The maximum Gasteiger partial charge on any atom is 0.314 e. The van der Waals surface area contributed by atoms with Crippen molar-refractivity contribution in [3.05, 3.63) is 58.1 Å². The van der Waals surface area contributed by atoms with Gasteiger partial charge in [-0.05, 0) is 30.3 Å². The fraction of sp³-hybridized carbons (Fsp3) is 0. The zero-order chi connectivity index (χ0) is 16.3. The first-order valence-electron chi connectivity index (χ1n) is 5.88. The van der Waals surface area contributed by atoms with Crippen LogP contribution >= 0.6 is 23.2 Å². The second-order valence-corrected chi connectivity index (χ2v) is 5.07. The predicted octanol–water partition coefficient (Wildman–Crippen LogP) is 3.85. The van der Waals surface area contributed by atoms with Crippen molar-refractivity contribution in [2.75, 3.05) is 10.6 Å². The highest BCUT2D eigenvalue weighted by Crippen LogP contribution is 2.22. The van der Waals surface area contributed by atoms with Crippen molar-refractivity contribution in [2.45, 2.75) is 0 Å². The van der Waals surface area contributed by atoms with Gasteiger partial charge in [0, 0.05) is 27.5 Å². The lowest BCUT2D eigenvalue weighted by Gasteiger charge is -2.07. The average molecular weight is 345 g/mol. The van der Waals surface area contributed by atoms with E-state index in [4.69, 9.17) is 23.2 Å². The van der Waals surface area contributed by atoms with Gasteiger partial charge in [0.05, 0.1) is 0 Å². The number of benzene rings is 2. The minimum atomic E-state index is -1.14. The van der Waals surface area contributed by atoms with Gasteiger partial charge in [-0.3, -0.25) is 9.59 Å². The molecule has 0 unspecified atom stereocenters. The Morgan fingerprint density at radius 3 is 1.86 bits per heavy atom. The van der Waals surface area contributed by atoms with Crippen molar-refractivity contribution < 1.29 is 18.4 Å². The second kappa shape index (κ2) is 6.72. The highest BCUT2D eigenvalue weighted by Gasteiger charge is 2.15. The van der Waals surface area contributed by atoms with Gasteiger partial charge in [-0.15, -0.1) is 0 Å². The first-order chi connectivity index (χ1) is 10.3. The van der Waals surface area contributed by atoms with Crippen molar-refractivity contribution in [3.63, 3.8) is 0 Å². The molecule has 2 amide bonds. The Morgan fingerprint density at radius 1 is 0.773 bits per heavy atom. The molecule has 2 aromatic rings. The third-order valence-electron chi connectivity index (χ3n) is 2.50. The zero-order valence-electron chi connectivity index (χ0n) is 10.8. The van der Waals surface area contributed by atoms with Crippen LogP contribution in [-0.2, 0) is 9.59 Å². The van der Waals surface area contributed by atoms with E-state index in [1.54, 1.807) is 0 Å². The molecule has 0 aliphatic rings. The molecule has 0 spiro atoms. The van der Waals surface area contributed by atoms with Crippen molar-refractivity contribution in [1.82, 2.24) is 0 Å². The largest absolute Gasteiger partial charge is 0.318 e. The Morgan fingerprint density at radius 2 is 1.32 bits per heavy atom. The topological polar surface area (TPSA) is 58.2 Å². The SMILES string of the molecule is O=C(Nc1cc(Cl)cc(Cl)c1)C(=O)Nc1ccc(F)c(F)c1. The van der Waals surface area contributed by atoms with Crippen molar-refractivity contribution >= 4 is 46.4 Å². The Bertz CT molecular complexity index is 733. The van der Waals surface area contributed by atoms with Crippen LogP contribution in [0.4, 0.5) is 20.2 Å². The molecule has 4 nitrogen and oxygen atoms in total. The average Bonchev–Trinajstić information content (AvgIpc) is 2.41.